The molecule has 0 bridgehead atoms. The van der Waals surface area contributed by atoms with E-state index in [9.17, 15) is 33.9 Å². The molecule has 0 fully saturated rings. The van der Waals surface area contributed by atoms with Gasteiger partial charge in [-0.2, -0.15) is 0 Å². The van der Waals surface area contributed by atoms with Gasteiger partial charge in [-0.25, -0.2) is 14.4 Å². The van der Waals surface area contributed by atoms with Gasteiger partial charge in [0.25, 0.3) is 5.91 Å². The number of esters is 4. The fourth-order valence-electron chi connectivity index (χ4n) is 3.78. The summed E-state index contributed by atoms with van der Waals surface area (Å²) >= 11 is 0. The molecule has 0 spiro atoms. The molecule has 0 unspecified atom stereocenters. The second kappa shape index (κ2) is 15.0. The lowest BCUT2D eigenvalue weighted by molar-refractivity contribution is -0.157. The van der Waals surface area contributed by atoms with Crippen LogP contribution in [0.25, 0.3) is 0 Å². The largest absolute Gasteiger partial charge is 0.493 e. The summed E-state index contributed by atoms with van der Waals surface area (Å²) in [5, 5.41) is 12.5. The minimum Gasteiger partial charge on any atom is -0.493 e. The van der Waals surface area contributed by atoms with Gasteiger partial charge in [-0.3, -0.25) is 14.4 Å². The first-order valence-corrected chi connectivity index (χ1v) is 13.1. The summed E-state index contributed by atoms with van der Waals surface area (Å²) in [6.07, 6.45) is -4.55. The quantitative estimate of drug-likeness (QED) is 0.221. The number of benzene rings is 3. The number of carbonyl (C=O) groups is 6. The summed E-state index contributed by atoms with van der Waals surface area (Å²) in [4.78, 5) is 74.7. The molecule has 0 aliphatic carbocycles. The topological polar surface area (TPSA) is 190 Å². The lowest BCUT2D eigenvalue weighted by Crippen LogP contribution is -2.48. The molecule has 3 aromatic rings. The molecular formula is C31H29NO13. The zero-order valence-electron chi connectivity index (χ0n) is 24.8. The van der Waals surface area contributed by atoms with E-state index in [-0.39, 0.29) is 39.8 Å². The lowest BCUT2D eigenvalue weighted by Gasteiger charge is -2.24. The number of amides is 1. The number of hydrogen-bond donors (Lipinski definition) is 2. The first kappa shape index (κ1) is 33.6. The van der Waals surface area contributed by atoms with Crippen molar-refractivity contribution in [3.63, 3.8) is 0 Å². The molecule has 2 atom stereocenters. The Morgan fingerprint density at radius 1 is 0.644 bits per heavy atom. The van der Waals surface area contributed by atoms with Crippen LogP contribution in [-0.2, 0) is 28.7 Å². The highest BCUT2D eigenvalue weighted by molar-refractivity contribution is 6.01. The van der Waals surface area contributed by atoms with E-state index in [1.807, 2.05) is 6.92 Å². The number of aryl methyl sites for hydroxylation is 1. The summed E-state index contributed by atoms with van der Waals surface area (Å²) < 4.78 is 30.8. The highest BCUT2D eigenvalue weighted by Crippen LogP contribution is 2.30. The highest BCUT2D eigenvalue weighted by Gasteiger charge is 2.41. The van der Waals surface area contributed by atoms with Crippen LogP contribution in [0.15, 0.2) is 60.7 Å². The van der Waals surface area contributed by atoms with Gasteiger partial charge in [0.15, 0.2) is 23.0 Å². The number of aliphatic carboxylic acids is 1. The Kier molecular flexibility index (Phi) is 11.2. The molecule has 0 saturated heterocycles. The van der Waals surface area contributed by atoms with Crippen LogP contribution in [0.4, 0.5) is 5.69 Å². The highest BCUT2D eigenvalue weighted by atomic mass is 16.6. The van der Waals surface area contributed by atoms with Crippen molar-refractivity contribution in [2.45, 2.75) is 33.0 Å². The standard InChI is InChI=1S/C31H29NO13/c1-16-6-10-21(11-7-16)32-28(35)26(44-30(38)19-8-12-22(42-17(2)33)24(14-19)40-4)27(29(36)37)45-31(39)20-9-13-23(43-18(3)34)25(15-20)41-5/h6-15,26-27H,1-5H3,(H,32,35)(H,36,37)/t26-,27+/m1/s1. The van der Waals surface area contributed by atoms with Gasteiger partial charge < -0.3 is 38.8 Å². The Hall–Kier alpha value is -5.92. The van der Waals surface area contributed by atoms with Crippen molar-refractivity contribution in [2.24, 2.45) is 0 Å². The van der Waals surface area contributed by atoms with Crippen molar-refractivity contribution < 1.29 is 62.3 Å². The number of anilines is 1. The molecule has 236 valence electrons. The average molecular weight is 624 g/mol. The van der Waals surface area contributed by atoms with Crippen LogP contribution >= 0.6 is 0 Å². The van der Waals surface area contributed by atoms with Crippen LogP contribution in [-0.4, -0.2) is 67.3 Å². The molecule has 45 heavy (non-hydrogen) atoms. The Morgan fingerprint density at radius 3 is 1.49 bits per heavy atom. The van der Waals surface area contributed by atoms with Gasteiger partial charge in [-0.15, -0.1) is 0 Å². The van der Waals surface area contributed by atoms with Gasteiger partial charge in [0.05, 0.1) is 25.3 Å². The van der Waals surface area contributed by atoms with Gasteiger partial charge in [0.1, 0.15) is 0 Å². The van der Waals surface area contributed by atoms with Crippen molar-refractivity contribution in [1.82, 2.24) is 0 Å². The molecule has 2 N–H and O–H groups in total. The number of methoxy groups -OCH3 is 2. The molecule has 1 amide bonds. The number of carboxylic acid groups (broad SMARTS) is 1. The Labute approximate surface area is 256 Å². The fraction of sp³-hybridized carbons (Fsp3) is 0.226. The average Bonchev–Trinajstić information content (AvgIpc) is 2.99. The van der Waals surface area contributed by atoms with Crippen LogP contribution < -0.4 is 24.3 Å². The van der Waals surface area contributed by atoms with Gasteiger partial charge in [-0.05, 0) is 55.5 Å². The lowest BCUT2D eigenvalue weighted by atomic mass is 10.1. The number of ether oxygens (including phenoxy) is 6. The number of carboxylic acids is 1. The normalized spacial score (nSPS) is 11.7. The van der Waals surface area contributed by atoms with Crippen molar-refractivity contribution in [1.29, 1.82) is 0 Å². The second-order valence-electron chi connectivity index (χ2n) is 9.26. The Morgan fingerprint density at radius 2 is 1.09 bits per heavy atom. The van der Waals surface area contributed by atoms with E-state index in [0.29, 0.717) is 0 Å². The molecule has 0 saturated carbocycles. The van der Waals surface area contributed by atoms with Crippen molar-refractivity contribution in [3.8, 4) is 23.0 Å². The van der Waals surface area contributed by atoms with E-state index in [4.69, 9.17) is 28.4 Å². The minimum atomic E-state index is -2.34. The summed E-state index contributed by atoms with van der Waals surface area (Å²) in [7, 11) is 2.50. The van der Waals surface area contributed by atoms with Crippen LogP contribution in [0, 0.1) is 6.92 Å². The van der Waals surface area contributed by atoms with Crippen LogP contribution in [0.5, 0.6) is 23.0 Å². The summed E-state index contributed by atoms with van der Waals surface area (Å²) in [6, 6.07) is 13.5. The molecule has 0 aliphatic rings. The molecule has 0 aliphatic heterocycles. The zero-order valence-corrected chi connectivity index (χ0v) is 24.8. The van der Waals surface area contributed by atoms with E-state index in [1.54, 1.807) is 12.1 Å². The van der Waals surface area contributed by atoms with E-state index in [0.717, 1.165) is 31.5 Å². The van der Waals surface area contributed by atoms with Crippen molar-refractivity contribution in [3.05, 3.63) is 77.4 Å². The van der Waals surface area contributed by atoms with Gasteiger partial charge in [-0.1, -0.05) is 17.7 Å². The Balaban J connectivity index is 1.96. The maximum absolute atomic E-state index is 13.4. The third-order valence-corrected chi connectivity index (χ3v) is 5.87. The van der Waals surface area contributed by atoms with Gasteiger partial charge in [0.2, 0.25) is 12.2 Å². The van der Waals surface area contributed by atoms with Crippen LogP contribution in [0.2, 0.25) is 0 Å². The smallest absolute Gasteiger partial charge is 0.349 e. The van der Waals surface area contributed by atoms with Crippen molar-refractivity contribution >= 4 is 41.4 Å². The third-order valence-electron chi connectivity index (χ3n) is 5.87. The molecule has 3 aromatic carbocycles. The molecule has 14 heteroatoms. The molecule has 14 nitrogen and oxygen atoms in total. The number of carbonyl (C=O) groups excluding carboxylic acids is 5. The first-order valence-electron chi connectivity index (χ1n) is 13.1. The molecule has 3 rings (SSSR count). The monoisotopic (exact) mass is 623 g/mol. The van der Waals surface area contributed by atoms with Crippen LogP contribution in [0.1, 0.15) is 40.1 Å². The fourth-order valence-corrected chi connectivity index (χ4v) is 3.78. The minimum absolute atomic E-state index is 0.0114. The predicted molar refractivity (Wildman–Crippen MR) is 154 cm³/mol. The molecular weight excluding hydrogens is 594 g/mol. The second-order valence-corrected chi connectivity index (χ2v) is 9.26. The summed E-state index contributed by atoms with van der Waals surface area (Å²) in [5.41, 5.74) is 0.663. The number of nitrogens with one attached hydrogen (secondary N) is 1. The summed E-state index contributed by atoms with van der Waals surface area (Å²) in [6.45, 7) is 4.13. The maximum atomic E-state index is 13.4. The number of rotatable bonds is 12. The SMILES string of the molecule is COc1cc(C(=O)O[C@H](C(=O)O)[C@@H](OC(=O)c2ccc(OC(C)=O)c(OC)c2)C(=O)Nc2ccc(C)cc2)ccc1OC(C)=O. The zero-order chi connectivity index (χ0) is 33.3. The molecule has 0 heterocycles. The predicted octanol–water partition coefficient (Wildman–Crippen LogP) is 3.34. The Bertz CT molecular complexity index is 1610. The molecule has 0 aromatic heterocycles. The van der Waals surface area contributed by atoms with E-state index in [1.165, 1.54) is 50.6 Å². The van der Waals surface area contributed by atoms with Gasteiger partial charge in [0, 0.05) is 19.5 Å². The van der Waals surface area contributed by atoms with Crippen LogP contribution in [0.3, 0.4) is 0 Å². The van der Waals surface area contributed by atoms with Crippen molar-refractivity contribution in [2.75, 3.05) is 19.5 Å². The molecule has 0 radical (unpaired) electrons. The first-order chi connectivity index (χ1) is 21.3. The van der Waals surface area contributed by atoms with E-state index in [2.05, 4.69) is 5.32 Å². The van der Waals surface area contributed by atoms with E-state index < -0.39 is 48.0 Å². The van der Waals surface area contributed by atoms with Gasteiger partial charge >= 0.3 is 29.8 Å². The number of hydrogen-bond acceptors (Lipinski definition) is 12. The van der Waals surface area contributed by atoms with E-state index >= 15 is 0 Å². The maximum Gasteiger partial charge on any atom is 0.349 e. The summed E-state index contributed by atoms with van der Waals surface area (Å²) in [5.74, 6) is -6.78. The third kappa shape index (κ3) is 9.03.